The maximum absolute atomic E-state index is 12.6. The number of nitrogens with one attached hydrogen (secondary N) is 2. The molecular weight excluding hydrogens is 727 g/mol. The first kappa shape index (κ1) is 40.2. The number of aliphatic hydroxyl groups is 1. The molecule has 290 valence electrons. The monoisotopic (exact) mass is 773 g/mol. The second-order valence-electron chi connectivity index (χ2n) is 13.8. The summed E-state index contributed by atoms with van der Waals surface area (Å²) in [5.74, 6) is -0.409. The standard InChI is InChI=1S/C45H47N3O7S/c46-39-9-4-5-10-40(39)48-43(51)12-3-1-2-11-42(50)47-27-31-7-6-8-36(25-31)32-17-19-35(20-18-32)45-54-37(29-56-38-23-21-34(22-24-38)44(52)53)26-41(55-45)33-15-13-30(28-49)14-16-33/h4-10,13-25,37,41,45,49H,1-3,11-12,26-29,46H2,(H,47,50)(H,48,51)(H,52,53)/t37-,41+,45+/m1/s1. The Bertz CT molecular complexity index is 2070. The van der Waals surface area contributed by atoms with E-state index in [1.165, 1.54) is 0 Å². The first-order valence-corrected chi connectivity index (χ1v) is 19.8. The van der Waals surface area contributed by atoms with Gasteiger partial charge in [0.1, 0.15) is 0 Å². The molecule has 6 N–H and O–H groups in total. The van der Waals surface area contributed by atoms with Crippen LogP contribution in [0.25, 0.3) is 11.1 Å². The van der Waals surface area contributed by atoms with E-state index >= 15 is 0 Å². The van der Waals surface area contributed by atoms with Crippen LogP contribution in [0, 0.1) is 0 Å². The van der Waals surface area contributed by atoms with Gasteiger partial charge in [-0.05, 0) is 83.1 Å². The fraction of sp³-hybridized carbons (Fsp3) is 0.267. The van der Waals surface area contributed by atoms with Crippen LogP contribution in [0.15, 0.2) is 126 Å². The number of hydrogen-bond acceptors (Lipinski definition) is 8. The average molecular weight is 774 g/mol. The highest BCUT2D eigenvalue weighted by atomic mass is 32.2. The van der Waals surface area contributed by atoms with Gasteiger partial charge in [0.05, 0.1) is 35.8 Å². The lowest BCUT2D eigenvalue weighted by Gasteiger charge is -2.36. The number of carboxylic acids is 1. The summed E-state index contributed by atoms with van der Waals surface area (Å²) in [6.07, 6.45) is 2.61. The van der Waals surface area contributed by atoms with E-state index in [1.54, 1.807) is 36.0 Å². The van der Waals surface area contributed by atoms with E-state index in [0.29, 0.717) is 55.8 Å². The summed E-state index contributed by atoms with van der Waals surface area (Å²) in [4.78, 5) is 37.1. The fourth-order valence-corrected chi connectivity index (χ4v) is 7.38. The highest BCUT2D eigenvalue weighted by molar-refractivity contribution is 7.99. The third kappa shape index (κ3) is 11.5. The number of rotatable bonds is 17. The van der Waals surface area contributed by atoms with E-state index in [9.17, 15) is 24.6 Å². The van der Waals surface area contributed by atoms with E-state index < -0.39 is 12.3 Å². The Morgan fingerprint density at radius 1 is 0.732 bits per heavy atom. The largest absolute Gasteiger partial charge is 0.478 e. The average Bonchev–Trinajstić information content (AvgIpc) is 3.23. The van der Waals surface area contributed by atoms with Gasteiger partial charge in [0.15, 0.2) is 6.29 Å². The number of carbonyl (C=O) groups is 3. The second-order valence-corrected chi connectivity index (χ2v) is 14.9. The first-order chi connectivity index (χ1) is 27.2. The third-order valence-electron chi connectivity index (χ3n) is 9.63. The van der Waals surface area contributed by atoms with Crippen molar-refractivity contribution in [1.29, 1.82) is 0 Å². The minimum Gasteiger partial charge on any atom is -0.478 e. The van der Waals surface area contributed by atoms with Crippen molar-refractivity contribution < 1.29 is 34.1 Å². The maximum Gasteiger partial charge on any atom is 0.335 e. The van der Waals surface area contributed by atoms with Gasteiger partial charge in [0, 0.05) is 42.0 Å². The van der Waals surface area contributed by atoms with Crippen LogP contribution in [-0.4, -0.2) is 39.9 Å². The number of aromatic carboxylic acids is 1. The number of anilines is 2. The normalized spacial score (nSPS) is 16.6. The summed E-state index contributed by atoms with van der Waals surface area (Å²) < 4.78 is 13.0. The van der Waals surface area contributed by atoms with Crippen LogP contribution in [0.2, 0.25) is 0 Å². The molecule has 3 atom stereocenters. The summed E-state index contributed by atoms with van der Waals surface area (Å²) in [6.45, 7) is 0.386. The topological polar surface area (TPSA) is 160 Å². The van der Waals surface area contributed by atoms with Crippen LogP contribution in [0.3, 0.4) is 0 Å². The number of benzene rings is 5. The molecule has 1 saturated heterocycles. The maximum atomic E-state index is 12.6. The molecule has 5 aromatic carbocycles. The zero-order valence-corrected chi connectivity index (χ0v) is 31.9. The Labute approximate surface area is 331 Å². The molecule has 56 heavy (non-hydrogen) atoms. The van der Waals surface area contributed by atoms with Crippen molar-refractivity contribution in [2.24, 2.45) is 0 Å². The van der Waals surface area contributed by atoms with Gasteiger partial charge in [-0.15, -0.1) is 11.8 Å². The molecule has 0 bridgehead atoms. The SMILES string of the molecule is Nc1ccccc1NC(=O)CCCCCC(=O)NCc1cccc(-c2ccc([C@H]3O[C@@H](CSc4ccc(C(=O)O)cc4)C[C@@H](c4ccc(CO)cc4)O3)cc2)c1. The van der Waals surface area contributed by atoms with E-state index in [4.69, 9.17) is 15.2 Å². The van der Waals surface area contributed by atoms with Crippen molar-refractivity contribution >= 4 is 40.9 Å². The molecule has 10 nitrogen and oxygen atoms in total. The molecule has 1 aliphatic heterocycles. The molecule has 1 heterocycles. The van der Waals surface area contributed by atoms with Gasteiger partial charge >= 0.3 is 5.97 Å². The summed E-state index contributed by atoms with van der Waals surface area (Å²) in [5, 5.41) is 24.6. The molecule has 0 spiro atoms. The zero-order chi connectivity index (χ0) is 39.3. The van der Waals surface area contributed by atoms with Crippen LogP contribution in [0.5, 0.6) is 0 Å². The number of para-hydroxylation sites is 2. The molecular formula is C45H47N3O7S. The Balaban J connectivity index is 1.01. The van der Waals surface area contributed by atoms with Gasteiger partial charge in [0.25, 0.3) is 0 Å². The molecule has 1 fully saturated rings. The third-order valence-corrected chi connectivity index (χ3v) is 10.8. The number of carboxylic acid groups (broad SMARTS) is 1. The molecule has 1 aliphatic rings. The second kappa shape index (κ2) is 19.9. The van der Waals surface area contributed by atoms with Crippen molar-refractivity contribution in [3.8, 4) is 11.1 Å². The highest BCUT2D eigenvalue weighted by Crippen LogP contribution is 2.40. The predicted octanol–water partition coefficient (Wildman–Crippen LogP) is 8.67. The summed E-state index contributed by atoms with van der Waals surface area (Å²) >= 11 is 1.61. The summed E-state index contributed by atoms with van der Waals surface area (Å²) in [5.41, 5.74) is 13.0. The molecule has 0 unspecified atom stereocenters. The lowest BCUT2D eigenvalue weighted by Crippen LogP contribution is -2.31. The summed E-state index contributed by atoms with van der Waals surface area (Å²) in [6, 6.07) is 38.0. The Hall–Kier alpha value is -5.46. The quantitative estimate of drug-likeness (QED) is 0.0354. The Morgan fingerprint density at radius 2 is 1.45 bits per heavy atom. The number of aliphatic hydroxyl groups excluding tert-OH is 1. The predicted molar refractivity (Wildman–Crippen MR) is 219 cm³/mol. The van der Waals surface area contributed by atoms with Gasteiger partial charge in [-0.2, -0.15) is 0 Å². The number of ether oxygens (including phenoxy) is 2. The van der Waals surface area contributed by atoms with E-state index in [0.717, 1.165) is 44.7 Å². The molecule has 0 saturated carbocycles. The van der Waals surface area contributed by atoms with Crippen molar-refractivity contribution in [2.75, 3.05) is 16.8 Å². The van der Waals surface area contributed by atoms with Crippen molar-refractivity contribution in [1.82, 2.24) is 5.32 Å². The molecule has 6 rings (SSSR count). The number of carbonyl (C=O) groups excluding carboxylic acids is 2. The van der Waals surface area contributed by atoms with Crippen LogP contribution in [0.4, 0.5) is 11.4 Å². The number of amides is 2. The van der Waals surface area contributed by atoms with Gasteiger partial charge in [-0.1, -0.05) is 85.3 Å². The smallest absolute Gasteiger partial charge is 0.335 e. The van der Waals surface area contributed by atoms with E-state index in [-0.39, 0.29) is 36.2 Å². The van der Waals surface area contributed by atoms with Gasteiger partial charge in [-0.3, -0.25) is 9.59 Å². The van der Waals surface area contributed by atoms with Crippen molar-refractivity contribution in [2.45, 2.75) is 75.1 Å². The van der Waals surface area contributed by atoms with Crippen molar-refractivity contribution in [3.63, 3.8) is 0 Å². The van der Waals surface area contributed by atoms with E-state index in [1.807, 2.05) is 91.0 Å². The minimum absolute atomic E-state index is 0.0239. The molecule has 0 aliphatic carbocycles. The highest BCUT2D eigenvalue weighted by Gasteiger charge is 2.32. The number of hydrogen-bond donors (Lipinski definition) is 5. The molecule has 0 radical (unpaired) electrons. The van der Waals surface area contributed by atoms with Crippen molar-refractivity contribution in [3.05, 3.63) is 149 Å². The van der Waals surface area contributed by atoms with Crippen LogP contribution in [0.1, 0.15) is 83.5 Å². The van der Waals surface area contributed by atoms with Crippen LogP contribution >= 0.6 is 11.8 Å². The lowest BCUT2D eigenvalue weighted by atomic mass is 9.99. The zero-order valence-electron chi connectivity index (χ0n) is 31.1. The van der Waals surface area contributed by atoms with Gasteiger partial charge < -0.3 is 36.1 Å². The van der Waals surface area contributed by atoms with E-state index in [2.05, 4.69) is 16.7 Å². The molecule has 0 aromatic heterocycles. The number of thioether (sulfide) groups is 1. The number of nitrogen functional groups attached to an aromatic ring is 1. The molecule has 5 aromatic rings. The minimum atomic E-state index is -0.954. The molecule has 11 heteroatoms. The molecule has 2 amide bonds. The van der Waals surface area contributed by atoms with Crippen LogP contribution < -0.4 is 16.4 Å². The fourth-order valence-electron chi connectivity index (χ4n) is 6.46. The van der Waals surface area contributed by atoms with Gasteiger partial charge in [-0.25, -0.2) is 4.79 Å². The van der Waals surface area contributed by atoms with Gasteiger partial charge in [0.2, 0.25) is 11.8 Å². The van der Waals surface area contributed by atoms with Crippen LogP contribution in [-0.2, 0) is 32.2 Å². The Morgan fingerprint density at radius 3 is 2.16 bits per heavy atom. The first-order valence-electron chi connectivity index (χ1n) is 18.8. The number of nitrogens with two attached hydrogens (primary N) is 1. The Kier molecular flexibility index (Phi) is 14.3. The summed E-state index contributed by atoms with van der Waals surface area (Å²) in [7, 11) is 0. The lowest BCUT2D eigenvalue weighted by molar-refractivity contribution is -0.245. The number of unbranched alkanes of at least 4 members (excludes halogenated alkanes) is 2.